The molecule has 3 heteroatoms. The summed E-state index contributed by atoms with van der Waals surface area (Å²) in [5.74, 6) is 0. The van der Waals surface area contributed by atoms with Crippen LogP contribution in [0.4, 0.5) is 0 Å². The first-order valence-electron chi connectivity index (χ1n) is 4.30. The molecular formula is C11H9NS2. The lowest BCUT2D eigenvalue weighted by atomic mass is 10.1. The van der Waals surface area contributed by atoms with Gasteiger partial charge in [0.15, 0.2) is 0 Å². The van der Waals surface area contributed by atoms with E-state index in [0.717, 1.165) is 10.5 Å². The van der Waals surface area contributed by atoms with Crippen LogP contribution in [0.15, 0.2) is 23.1 Å². The van der Waals surface area contributed by atoms with E-state index in [4.69, 9.17) is 5.26 Å². The zero-order chi connectivity index (χ0) is 10.1. The number of thiol groups is 1. The average molecular weight is 219 g/mol. The molecule has 2 rings (SSSR count). The van der Waals surface area contributed by atoms with Crippen molar-refractivity contribution in [2.45, 2.75) is 18.2 Å². The van der Waals surface area contributed by atoms with Crippen molar-refractivity contribution in [1.29, 1.82) is 5.26 Å². The second-order valence-electron chi connectivity index (χ2n) is 3.17. The smallest absolute Gasteiger partial charge is 0.0669 e. The van der Waals surface area contributed by atoms with Gasteiger partial charge < -0.3 is 0 Å². The van der Waals surface area contributed by atoms with E-state index >= 15 is 0 Å². The van der Waals surface area contributed by atoms with E-state index in [-0.39, 0.29) is 0 Å². The number of thiophene rings is 1. The van der Waals surface area contributed by atoms with Crippen LogP contribution >= 0.6 is 24.0 Å². The van der Waals surface area contributed by atoms with E-state index in [0.29, 0.717) is 6.42 Å². The van der Waals surface area contributed by atoms with E-state index in [9.17, 15) is 0 Å². The molecule has 1 aromatic heterocycles. The van der Waals surface area contributed by atoms with Crippen LogP contribution in [0.2, 0.25) is 0 Å². The summed E-state index contributed by atoms with van der Waals surface area (Å²) >= 11 is 6.18. The number of nitriles is 1. The van der Waals surface area contributed by atoms with Gasteiger partial charge in [-0.25, -0.2) is 0 Å². The Morgan fingerprint density at radius 2 is 2.29 bits per heavy atom. The molecule has 0 bridgehead atoms. The number of fused-ring (bicyclic) bond motifs is 1. The van der Waals surface area contributed by atoms with Gasteiger partial charge in [-0.15, -0.1) is 24.0 Å². The molecule has 0 aliphatic carbocycles. The molecule has 0 aliphatic rings. The predicted molar refractivity (Wildman–Crippen MR) is 63.1 cm³/mol. The summed E-state index contributed by atoms with van der Waals surface area (Å²) in [7, 11) is 0. The van der Waals surface area contributed by atoms with E-state index < -0.39 is 0 Å². The molecule has 70 valence electrons. The van der Waals surface area contributed by atoms with Crippen LogP contribution in [0.3, 0.4) is 0 Å². The highest BCUT2D eigenvalue weighted by atomic mass is 32.1. The topological polar surface area (TPSA) is 23.8 Å². The Hall–Kier alpha value is -0.980. The molecule has 14 heavy (non-hydrogen) atoms. The Labute approximate surface area is 92.4 Å². The Morgan fingerprint density at radius 1 is 1.50 bits per heavy atom. The van der Waals surface area contributed by atoms with Crippen molar-refractivity contribution in [3.63, 3.8) is 0 Å². The molecule has 0 radical (unpaired) electrons. The second-order valence-corrected chi connectivity index (χ2v) is 4.88. The zero-order valence-electron chi connectivity index (χ0n) is 7.74. The molecular weight excluding hydrogens is 210 g/mol. The summed E-state index contributed by atoms with van der Waals surface area (Å²) in [6, 6.07) is 8.28. The second kappa shape index (κ2) is 3.64. The van der Waals surface area contributed by atoms with Gasteiger partial charge in [0, 0.05) is 19.9 Å². The highest BCUT2D eigenvalue weighted by molar-refractivity contribution is 7.80. The fourth-order valence-electron chi connectivity index (χ4n) is 1.45. The molecule has 0 saturated heterocycles. The minimum atomic E-state index is 0.481. The molecule has 1 nitrogen and oxygen atoms in total. The van der Waals surface area contributed by atoms with Crippen molar-refractivity contribution in [3.05, 3.63) is 28.6 Å². The van der Waals surface area contributed by atoms with E-state index in [2.05, 4.69) is 31.7 Å². The normalized spacial score (nSPS) is 10.4. The maximum atomic E-state index is 8.59. The van der Waals surface area contributed by atoms with Crippen LogP contribution in [-0.2, 0) is 6.42 Å². The number of rotatable bonds is 1. The maximum Gasteiger partial charge on any atom is 0.0669 e. The Kier molecular flexibility index (Phi) is 2.49. The summed E-state index contributed by atoms with van der Waals surface area (Å²) < 4.78 is 1.22. The van der Waals surface area contributed by atoms with Crippen molar-refractivity contribution in [2.24, 2.45) is 0 Å². The first-order chi connectivity index (χ1) is 6.72. The standard InChI is InChI=1S/C11H9NS2/c1-7-11(13)9-3-2-8(4-5-12)6-10(9)14-7/h2-3,6,13H,4H2,1H3. The number of hydrogen-bond donors (Lipinski definition) is 1. The lowest BCUT2D eigenvalue weighted by Crippen LogP contribution is -1.78. The summed E-state index contributed by atoms with van der Waals surface area (Å²) in [5.41, 5.74) is 1.08. The predicted octanol–water partition coefficient (Wildman–Crippen LogP) is 3.56. The quantitative estimate of drug-likeness (QED) is 0.728. The zero-order valence-corrected chi connectivity index (χ0v) is 9.45. The largest absolute Gasteiger partial charge is 0.198 e. The third-order valence-electron chi connectivity index (χ3n) is 2.18. The molecule has 0 amide bonds. The number of hydrogen-bond acceptors (Lipinski definition) is 3. The fraction of sp³-hybridized carbons (Fsp3) is 0.182. The van der Waals surface area contributed by atoms with Crippen LogP contribution in [0.5, 0.6) is 0 Å². The first-order valence-corrected chi connectivity index (χ1v) is 5.56. The van der Waals surface area contributed by atoms with Gasteiger partial charge in [0.25, 0.3) is 0 Å². The van der Waals surface area contributed by atoms with Gasteiger partial charge in [-0.05, 0) is 18.6 Å². The molecule has 0 unspecified atom stereocenters. The molecule has 0 atom stereocenters. The van der Waals surface area contributed by atoms with Crippen molar-refractivity contribution < 1.29 is 0 Å². The Morgan fingerprint density at radius 3 is 3.00 bits per heavy atom. The van der Waals surface area contributed by atoms with Crippen molar-refractivity contribution >= 4 is 34.1 Å². The SMILES string of the molecule is Cc1sc2cc(CC#N)ccc2c1S. The average Bonchev–Trinajstić information content (AvgIpc) is 2.43. The molecule has 0 aliphatic heterocycles. The molecule has 2 aromatic rings. The van der Waals surface area contributed by atoms with Gasteiger partial charge in [0.2, 0.25) is 0 Å². The molecule has 0 N–H and O–H groups in total. The summed E-state index contributed by atoms with van der Waals surface area (Å²) in [6.45, 7) is 2.07. The molecule has 1 heterocycles. The number of benzene rings is 1. The summed E-state index contributed by atoms with van der Waals surface area (Å²) in [4.78, 5) is 2.30. The number of nitrogens with zero attached hydrogens (tertiary/aromatic N) is 1. The van der Waals surface area contributed by atoms with Crippen molar-refractivity contribution in [3.8, 4) is 6.07 Å². The third-order valence-corrected chi connectivity index (χ3v) is 3.98. The van der Waals surface area contributed by atoms with E-state index in [1.165, 1.54) is 15.0 Å². The van der Waals surface area contributed by atoms with E-state index in [1.807, 2.05) is 12.1 Å². The molecule has 0 fully saturated rings. The number of aryl methyl sites for hydroxylation is 1. The maximum absolute atomic E-state index is 8.59. The fourth-order valence-corrected chi connectivity index (χ4v) is 2.89. The summed E-state index contributed by atoms with van der Waals surface area (Å²) in [6.07, 6.45) is 0.481. The lowest BCUT2D eigenvalue weighted by molar-refractivity contribution is 1.27. The van der Waals surface area contributed by atoms with Gasteiger partial charge in [-0.2, -0.15) is 5.26 Å². The third kappa shape index (κ3) is 1.52. The lowest BCUT2D eigenvalue weighted by Gasteiger charge is -1.94. The van der Waals surface area contributed by atoms with Gasteiger partial charge in [0.1, 0.15) is 0 Å². The van der Waals surface area contributed by atoms with Gasteiger partial charge >= 0.3 is 0 Å². The van der Waals surface area contributed by atoms with Crippen molar-refractivity contribution in [1.82, 2.24) is 0 Å². The molecule has 0 saturated carbocycles. The van der Waals surface area contributed by atoms with Crippen LogP contribution in [0.25, 0.3) is 10.1 Å². The highest BCUT2D eigenvalue weighted by Gasteiger charge is 2.05. The first kappa shape index (κ1) is 9.57. The minimum Gasteiger partial charge on any atom is -0.198 e. The van der Waals surface area contributed by atoms with Gasteiger partial charge in [-0.3, -0.25) is 0 Å². The Balaban J connectivity index is 2.63. The van der Waals surface area contributed by atoms with Crippen LogP contribution in [0, 0.1) is 18.3 Å². The van der Waals surface area contributed by atoms with Gasteiger partial charge in [-0.1, -0.05) is 12.1 Å². The molecule has 0 spiro atoms. The van der Waals surface area contributed by atoms with Crippen LogP contribution in [0.1, 0.15) is 10.4 Å². The highest BCUT2D eigenvalue weighted by Crippen LogP contribution is 2.33. The molecule has 1 aromatic carbocycles. The van der Waals surface area contributed by atoms with E-state index in [1.54, 1.807) is 11.3 Å². The summed E-state index contributed by atoms with van der Waals surface area (Å²) in [5, 5.41) is 9.78. The van der Waals surface area contributed by atoms with Crippen molar-refractivity contribution in [2.75, 3.05) is 0 Å². The minimum absolute atomic E-state index is 0.481. The van der Waals surface area contributed by atoms with Gasteiger partial charge in [0.05, 0.1) is 12.5 Å². The Bertz CT molecular complexity index is 520. The van der Waals surface area contributed by atoms with Crippen LogP contribution in [-0.4, -0.2) is 0 Å². The van der Waals surface area contributed by atoms with Crippen LogP contribution < -0.4 is 0 Å². The monoisotopic (exact) mass is 219 g/mol.